The molecule has 1 N–H and O–H groups in total. The van der Waals surface area contributed by atoms with E-state index in [-0.39, 0.29) is 11.3 Å². The number of anilines is 1. The Hall–Kier alpha value is -2.88. The van der Waals surface area contributed by atoms with Crippen LogP contribution in [0.5, 0.6) is 0 Å². The van der Waals surface area contributed by atoms with Crippen LogP contribution >= 0.6 is 0 Å². The second-order valence-corrected chi connectivity index (χ2v) is 11.3. The minimum atomic E-state index is -0.413. The number of fused-ring (bicyclic) bond motifs is 3. The van der Waals surface area contributed by atoms with Crippen molar-refractivity contribution in [3.05, 3.63) is 77.0 Å². The monoisotopic (exact) mass is 455 g/mol. The zero-order valence-electron chi connectivity index (χ0n) is 21.2. The topological polar surface area (TPSA) is 46.9 Å². The third kappa shape index (κ3) is 3.68. The van der Waals surface area contributed by atoms with Gasteiger partial charge >= 0.3 is 0 Å². The van der Waals surface area contributed by atoms with Gasteiger partial charge in [-0.05, 0) is 78.7 Å². The standard InChI is InChI=1S/C30H37N3O/c1-20(2)22-9-13-25-23(19-22)10-14-26-29(25,4)16-6-17-30(26,5)28(34)32-27-15-18-31-33(27)24-11-7-21(3)8-12-24/h7-9,11-13,15,18-20,26H,6,10,14,16-17H2,1-5H3,(H,32,34)/t26-,29-,30+/m1/s1. The molecule has 2 aliphatic carbocycles. The van der Waals surface area contributed by atoms with Gasteiger partial charge in [-0.1, -0.05) is 70.0 Å². The zero-order chi connectivity index (χ0) is 24.1. The number of carbonyl (C=O) groups excluding carboxylic acids is 1. The average Bonchev–Trinajstić information content (AvgIpc) is 3.27. The van der Waals surface area contributed by atoms with E-state index in [1.807, 2.05) is 22.9 Å². The maximum atomic E-state index is 13.9. The number of hydrogen-bond acceptors (Lipinski definition) is 2. The molecule has 4 nitrogen and oxygen atoms in total. The number of aromatic nitrogens is 2. The Morgan fingerprint density at radius 2 is 1.85 bits per heavy atom. The second-order valence-electron chi connectivity index (χ2n) is 11.3. The van der Waals surface area contributed by atoms with Crippen molar-refractivity contribution in [1.29, 1.82) is 0 Å². The van der Waals surface area contributed by atoms with Crippen LogP contribution in [0.3, 0.4) is 0 Å². The van der Waals surface area contributed by atoms with Crippen molar-refractivity contribution in [3.8, 4) is 5.69 Å². The van der Waals surface area contributed by atoms with Gasteiger partial charge in [0, 0.05) is 6.07 Å². The van der Waals surface area contributed by atoms with E-state index in [0.717, 1.165) is 43.6 Å². The highest BCUT2D eigenvalue weighted by Crippen LogP contribution is 2.57. The Morgan fingerprint density at radius 1 is 1.09 bits per heavy atom. The molecule has 3 aromatic rings. The minimum Gasteiger partial charge on any atom is -0.310 e. The molecule has 0 spiro atoms. The number of carbonyl (C=O) groups is 1. The van der Waals surface area contributed by atoms with Gasteiger partial charge in [-0.3, -0.25) is 4.79 Å². The Morgan fingerprint density at radius 3 is 2.59 bits per heavy atom. The molecular formula is C30H37N3O. The van der Waals surface area contributed by atoms with Gasteiger partial charge in [-0.25, -0.2) is 4.68 Å². The van der Waals surface area contributed by atoms with Gasteiger partial charge < -0.3 is 5.32 Å². The quantitative estimate of drug-likeness (QED) is 0.462. The van der Waals surface area contributed by atoms with Gasteiger partial charge in [0.05, 0.1) is 17.3 Å². The summed E-state index contributed by atoms with van der Waals surface area (Å²) in [5.74, 6) is 1.72. The highest BCUT2D eigenvalue weighted by Gasteiger charge is 2.55. The maximum Gasteiger partial charge on any atom is 0.231 e. The summed E-state index contributed by atoms with van der Waals surface area (Å²) in [6, 6.07) is 17.2. The fraction of sp³-hybridized carbons (Fsp3) is 0.467. The third-order valence-electron chi connectivity index (χ3n) is 8.73. The molecule has 2 aromatic carbocycles. The number of rotatable bonds is 4. The average molecular weight is 456 g/mol. The van der Waals surface area contributed by atoms with Crippen molar-refractivity contribution in [2.75, 3.05) is 5.32 Å². The Kier molecular flexibility index (Phi) is 5.66. The molecule has 0 radical (unpaired) electrons. The van der Waals surface area contributed by atoms with E-state index in [2.05, 4.69) is 75.4 Å². The van der Waals surface area contributed by atoms with Crippen molar-refractivity contribution in [3.63, 3.8) is 0 Å². The summed E-state index contributed by atoms with van der Waals surface area (Å²) in [7, 11) is 0. The van der Waals surface area contributed by atoms with Crippen LogP contribution in [-0.4, -0.2) is 15.7 Å². The van der Waals surface area contributed by atoms with E-state index in [1.54, 1.807) is 6.20 Å². The molecule has 2 aliphatic rings. The molecule has 1 amide bonds. The molecule has 1 heterocycles. The van der Waals surface area contributed by atoms with Crippen LogP contribution in [0.15, 0.2) is 54.7 Å². The first kappa shape index (κ1) is 22.9. The lowest BCUT2D eigenvalue weighted by Crippen LogP contribution is -2.54. The second kappa shape index (κ2) is 8.41. The number of benzene rings is 2. The van der Waals surface area contributed by atoms with Crippen LogP contribution in [0.25, 0.3) is 5.69 Å². The Labute approximate surface area is 203 Å². The SMILES string of the molecule is Cc1ccc(-n2nccc2NC(=O)[C@@]2(C)CCC[C@]3(C)c4ccc(C(C)C)cc4CC[C@@H]23)cc1. The number of aryl methyl sites for hydroxylation is 2. The summed E-state index contributed by atoms with van der Waals surface area (Å²) in [6.07, 6.45) is 7.02. The molecule has 4 heteroatoms. The van der Waals surface area contributed by atoms with Crippen molar-refractivity contribution >= 4 is 11.7 Å². The molecule has 34 heavy (non-hydrogen) atoms. The van der Waals surface area contributed by atoms with Crippen molar-refractivity contribution in [1.82, 2.24) is 9.78 Å². The van der Waals surface area contributed by atoms with Gasteiger partial charge in [-0.15, -0.1) is 0 Å². The molecular weight excluding hydrogens is 418 g/mol. The van der Waals surface area contributed by atoms with Crippen LogP contribution in [-0.2, 0) is 16.6 Å². The third-order valence-corrected chi connectivity index (χ3v) is 8.73. The fourth-order valence-electron chi connectivity index (χ4n) is 6.69. The number of hydrogen-bond donors (Lipinski definition) is 1. The smallest absolute Gasteiger partial charge is 0.231 e. The lowest BCUT2D eigenvalue weighted by Gasteiger charge is -2.54. The molecule has 1 fully saturated rings. The summed E-state index contributed by atoms with van der Waals surface area (Å²) in [5.41, 5.74) is 6.16. The van der Waals surface area contributed by atoms with E-state index in [0.29, 0.717) is 11.8 Å². The lowest BCUT2D eigenvalue weighted by atomic mass is 9.49. The van der Waals surface area contributed by atoms with Crippen LogP contribution in [0, 0.1) is 18.3 Å². The number of nitrogens with zero attached hydrogens (tertiary/aromatic N) is 2. The van der Waals surface area contributed by atoms with E-state index < -0.39 is 5.41 Å². The first-order valence-corrected chi connectivity index (χ1v) is 12.8. The summed E-state index contributed by atoms with van der Waals surface area (Å²) >= 11 is 0. The van der Waals surface area contributed by atoms with E-state index in [9.17, 15) is 4.79 Å². The molecule has 0 bridgehead atoms. The van der Waals surface area contributed by atoms with Gasteiger partial charge in [-0.2, -0.15) is 5.10 Å². The number of amides is 1. The molecule has 0 saturated heterocycles. The van der Waals surface area contributed by atoms with E-state index in [1.165, 1.54) is 22.3 Å². The fourth-order valence-corrected chi connectivity index (χ4v) is 6.69. The molecule has 3 atom stereocenters. The first-order chi connectivity index (χ1) is 16.2. The van der Waals surface area contributed by atoms with Crippen molar-refractivity contribution in [2.24, 2.45) is 11.3 Å². The molecule has 0 unspecified atom stereocenters. The highest BCUT2D eigenvalue weighted by molar-refractivity contribution is 5.95. The van der Waals surface area contributed by atoms with Crippen LogP contribution in [0.1, 0.15) is 81.5 Å². The van der Waals surface area contributed by atoms with Crippen LogP contribution in [0.2, 0.25) is 0 Å². The Bertz CT molecular complexity index is 1210. The van der Waals surface area contributed by atoms with Crippen LogP contribution < -0.4 is 5.32 Å². The maximum absolute atomic E-state index is 13.9. The Balaban J connectivity index is 1.44. The number of nitrogens with one attached hydrogen (secondary N) is 1. The zero-order valence-corrected chi connectivity index (χ0v) is 21.2. The minimum absolute atomic E-state index is 0.0324. The summed E-state index contributed by atoms with van der Waals surface area (Å²) in [4.78, 5) is 13.9. The molecule has 0 aliphatic heterocycles. The molecule has 178 valence electrons. The predicted molar refractivity (Wildman–Crippen MR) is 139 cm³/mol. The summed E-state index contributed by atoms with van der Waals surface area (Å²) in [5, 5.41) is 7.76. The van der Waals surface area contributed by atoms with Gasteiger partial charge in [0.15, 0.2) is 0 Å². The lowest BCUT2D eigenvalue weighted by molar-refractivity contribution is -0.133. The van der Waals surface area contributed by atoms with Gasteiger partial charge in [0.25, 0.3) is 0 Å². The predicted octanol–water partition coefficient (Wildman–Crippen LogP) is 6.95. The first-order valence-electron chi connectivity index (χ1n) is 12.8. The van der Waals surface area contributed by atoms with Crippen molar-refractivity contribution in [2.45, 2.75) is 78.1 Å². The van der Waals surface area contributed by atoms with E-state index >= 15 is 0 Å². The normalized spacial score (nSPS) is 26.1. The largest absolute Gasteiger partial charge is 0.310 e. The molecule has 1 aromatic heterocycles. The van der Waals surface area contributed by atoms with Gasteiger partial charge in [0.1, 0.15) is 5.82 Å². The van der Waals surface area contributed by atoms with Gasteiger partial charge in [0.2, 0.25) is 5.91 Å². The van der Waals surface area contributed by atoms with Crippen molar-refractivity contribution < 1.29 is 4.79 Å². The molecule has 1 saturated carbocycles. The van der Waals surface area contributed by atoms with E-state index in [4.69, 9.17) is 0 Å². The molecule has 5 rings (SSSR count). The highest BCUT2D eigenvalue weighted by atomic mass is 16.2. The summed E-state index contributed by atoms with van der Waals surface area (Å²) < 4.78 is 1.83. The van der Waals surface area contributed by atoms with Crippen LogP contribution in [0.4, 0.5) is 5.82 Å². The summed E-state index contributed by atoms with van der Waals surface area (Å²) in [6.45, 7) is 11.2.